The van der Waals surface area contributed by atoms with E-state index in [9.17, 15) is 4.57 Å². The summed E-state index contributed by atoms with van der Waals surface area (Å²) in [7, 11) is -4.20. The van der Waals surface area contributed by atoms with E-state index in [1.54, 1.807) is 0 Å². The van der Waals surface area contributed by atoms with Crippen LogP contribution in [-0.4, -0.2) is 9.79 Å². The average molecular weight is 208 g/mol. The number of anilines is 1. The Morgan fingerprint density at radius 3 is 2.42 bits per heavy atom. The van der Waals surface area contributed by atoms with Gasteiger partial charge < -0.3 is 15.5 Å². The quantitative estimate of drug-likeness (QED) is 0.468. The summed E-state index contributed by atoms with van der Waals surface area (Å²) in [6.45, 7) is 0. The molecule has 1 aromatic carbocycles. The zero-order valence-corrected chi connectivity index (χ0v) is 7.59. The molecule has 0 saturated carbocycles. The standard InChI is InChI=1S/C6H7ClNO3P/c7-5-2-1-4(3-6(5)8)12(9,10)11/h1-3H,8H2,(H2,9,10,11). The Balaban J connectivity index is 3.23. The molecular formula is C6H7ClNO3P. The van der Waals surface area contributed by atoms with Gasteiger partial charge in [-0.15, -0.1) is 0 Å². The van der Waals surface area contributed by atoms with Crippen molar-refractivity contribution in [3.63, 3.8) is 0 Å². The molecule has 0 aliphatic rings. The Hall–Kier alpha value is -0.540. The van der Waals surface area contributed by atoms with Gasteiger partial charge in [-0.3, -0.25) is 4.57 Å². The molecule has 1 rings (SSSR count). The van der Waals surface area contributed by atoms with Crippen LogP contribution in [0, 0.1) is 0 Å². The number of halogens is 1. The Morgan fingerprint density at radius 1 is 1.42 bits per heavy atom. The van der Waals surface area contributed by atoms with Crippen molar-refractivity contribution >= 4 is 30.2 Å². The lowest BCUT2D eigenvalue weighted by Crippen LogP contribution is -2.04. The fourth-order valence-corrected chi connectivity index (χ4v) is 1.41. The molecule has 0 radical (unpaired) electrons. The van der Waals surface area contributed by atoms with Crippen LogP contribution in [0.5, 0.6) is 0 Å². The van der Waals surface area contributed by atoms with E-state index in [1.165, 1.54) is 18.2 Å². The summed E-state index contributed by atoms with van der Waals surface area (Å²) in [5.41, 5.74) is 5.51. The Morgan fingerprint density at radius 2 is 2.00 bits per heavy atom. The molecule has 0 spiro atoms. The summed E-state index contributed by atoms with van der Waals surface area (Å²) in [6.07, 6.45) is 0. The Bertz CT molecular complexity index is 349. The highest BCUT2D eigenvalue weighted by Crippen LogP contribution is 2.34. The molecule has 66 valence electrons. The fraction of sp³-hybridized carbons (Fsp3) is 0. The monoisotopic (exact) mass is 207 g/mol. The van der Waals surface area contributed by atoms with Gasteiger partial charge in [-0.1, -0.05) is 11.6 Å². The molecular weight excluding hydrogens is 200 g/mol. The number of rotatable bonds is 1. The van der Waals surface area contributed by atoms with Crippen molar-refractivity contribution in [1.82, 2.24) is 0 Å². The van der Waals surface area contributed by atoms with Crippen LogP contribution in [0.2, 0.25) is 5.02 Å². The zero-order chi connectivity index (χ0) is 9.35. The smallest absolute Gasteiger partial charge is 0.356 e. The van der Waals surface area contributed by atoms with Gasteiger partial charge >= 0.3 is 7.60 Å². The predicted molar refractivity (Wildman–Crippen MR) is 47.5 cm³/mol. The van der Waals surface area contributed by atoms with Crippen molar-refractivity contribution in [3.05, 3.63) is 23.2 Å². The van der Waals surface area contributed by atoms with Gasteiger partial charge in [0.2, 0.25) is 0 Å². The van der Waals surface area contributed by atoms with Crippen molar-refractivity contribution in [3.8, 4) is 0 Å². The molecule has 12 heavy (non-hydrogen) atoms. The lowest BCUT2D eigenvalue weighted by molar-refractivity contribution is 0.387. The van der Waals surface area contributed by atoms with E-state index in [0.29, 0.717) is 0 Å². The highest BCUT2D eigenvalue weighted by atomic mass is 35.5. The Labute approximate surface area is 74.1 Å². The van der Waals surface area contributed by atoms with Gasteiger partial charge in [-0.25, -0.2) is 0 Å². The third-order valence-corrected chi connectivity index (χ3v) is 2.61. The van der Waals surface area contributed by atoms with Gasteiger partial charge in [0.15, 0.2) is 0 Å². The third kappa shape index (κ3) is 1.99. The maximum atomic E-state index is 10.7. The second-order valence-corrected chi connectivity index (χ2v) is 4.26. The summed E-state index contributed by atoms with van der Waals surface area (Å²) in [4.78, 5) is 17.4. The van der Waals surface area contributed by atoms with Crippen molar-refractivity contribution in [2.45, 2.75) is 0 Å². The van der Waals surface area contributed by atoms with E-state index in [2.05, 4.69) is 0 Å². The van der Waals surface area contributed by atoms with Crippen LogP contribution in [0.3, 0.4) is 0 Å². The van der Waals surface area contributed by atoms with Crippen LogP contribution in [0.4, 0.5) is 5.69 Å². The molecule has 4 nitrogen and oxygen atoms in total. The number of benzene rings is 1. The van der Waals surface area contributed by atoms with Crippen LogP contribution in [0.1, 0.15) is 0 Å². The maximum absolute atomic E-state index is 10.7. The maximum Gasteiger partial charge on any atom is 0.356 e. The molecule has 0 fully saturated rings. The largest absolute Gasteiger partial charge is 0.398 e. The second-order valence-electron chi connectivity index (χ2n) is 2.25. The van der Waals surface area contributed by atoms with Crippen LogP contribution < -0.4 is 11.0 Å². The molecule has 0 amide bonds. The molecule has 4 N–H and O–H groups in total. The summed E-state index contributed by atoms with van der Waals surface area (Å²) < 4.78 is 10.7. The topological polar surface area (TPSA) is 83.6 Å². The van der Waals surface area contributed by atoms with E-state index in [-0.39, 0.29) is 16.0 Å². The predicted octanol–water partition coefficient (Wildman–Crippen LogP) is 0.725. The first-order valence-corrected chi connectivity index (χ1v) is 5.01. The van der Waals surface area contributed by atoms with Gasteiger partial charge in [0.1, 0.15) is 0 Å². The van der Waals surface area contributed by atoms with Crippen molar-refractivity contribution < 1.29 is 14.4 Å². The second kappa shape index (κ2) is 3.07. The van der Waals surface area contributed by atoms with E-state index in [1.807, 2.05) is 0 Å². The highest BCUT2D eigenvalue weighted by Gasteiger charge is 2.17. The molecule has 0 aliphatic heterocycles. The molecule has 0 aliphatic carbocycles. The highest BCUT2D eigenvalue weighted by molar-refractivity contribution is 7.60. The summed E-state index contributed by atoms with van der Waals surface area (Å²) >= 11 is 5.55. The lowest BCUT2D eigenvalue weighted by Gasteiger charge is -2.04. The van der Waals surface area contributed by atoms with E-state index in [4.69, 9.17) is 27.1 Å². The van der Waals surface area contributed by atoms with Crippen molar-refractivity contribution in [2.75, 3.05) is 5.73 Å². The fourth-order valence-electron chi connectivity index (χ4n) is 0.712. The van der Waals surface area contributed by atoms with Gasteiger partial charge in [-0.2, -0.15) is 0 Å². The van der Waals surface area contributed by atoms with Crippen LogP contribution in [0.25, 0.3) is 0 Å². The summed E-state index contributed by atoms with van der Waals surface area (Å²) in [5.74, 6) is 0. The first-order valence-electron chi connectivity index (χ1n) is 3.02. The summed E-state index contributed by atoms with van der Waals surface area (Å²) in [5, 5.41) is 0.164. The molecule has 0 saturated heterocycles. The van der Waals surface area contributed by atoms with Crippen LogP contribution in [0.15, 0.2) is 18.2 Å². The molecule has 0 unspecified atom stereocenters. The molecule has 0 atom stereocenters. The normalized spacial score (nSPS) is 11.6. The molecule has 0 aromatic heterocycles. The molecule has 0 heterocycles. The van der Waals surface area contributed by atoms with Crippen molar-refractivity contribution in [2.24, 2.45) is 0 Å². The minimum Gasteiger partial charge on any atom is -0.398 e. The number of hydrogen-bond acceptors (Lipinski definition) is 2. The number of nitrogen functional groups attached to an aromatic ring is 1. The van der Waals surface area contributed by atoms with Gasteiger partial charge in [0, 0.05) is 0 Å². The third-order valence-electron chi connectivity index (χ3n) is 1.32. The summed E-state index contributed by atoms with van der Waals surface area (Å²) in [6, 6.07) is 3.77. The zero-order valence-electron chi connectivity index (χ0n) is 5.94. The number of hydrogen-bond donors (Lipinski definition) is 3. The first kappa shape index (κ1) is 9.55. The first-order chi connectivity index (χ1) is 5.41. The van der Waals surface area contributed by atoms with Crippen LogP contribution >= 0.6 is 19.2 Å². The van der Waals surface area contributed by atoms with E-state index >= 15 is 0 Å². The van der Waals surface area contributed by atoms with Crippen LogP contribution in [-0.2, 0) is 4.57 Å². The Kier molecular flexibility index (Phi) is 2.44. The van der Waals surface area contributed by atoms with Gasteiger partial charge in [0.25, 0.3) is 0 Å². The minimum atomic E-state index is -4.20. The minimum absolute atomic E-state index is 0.121. The SMILES string of the molecule is Nc1cc(P(=O)(O)O)ccc1Cl. The van der Waals surface area contributed by atoms with E-state index in [0.717, 1.165) is 0 Å². The van der Waals surface area contributed by atoms with E-state index < -0.39 is 7.60 Å². The van der Waals surface area contributed by atoms with Crippen molar-refractivity contribution in [1.29, 1.82) is 0 Å². The van der Waals surface area contributed by atoms with Gasteiger partial charge in [-0.05, 0) is 18.2 Å². The molecule has 1 aromatic rings. The molecule has 6 heteroatoms. The number of nitrogens with two attached hydrogens (primary N) is 1. The van der Waals surface area contributed by atoms with Gasteiger partial charge in [0.05, 0.1) is 16.0 Å². The molecule has 0 bridgehead atoms. The lowest BCUT2D eigenvalue weighted by atomic mass is 10.3. The average Bonchev–Trinajstić information content (AvgIpc) is 1.92.